The summed E-state index contributed by atoms with van der Waals surface area (Å²) in [4.78, 5) is 29.9. The minimum Gasteiger partial charge on any atom is -0.378 e. The van der Waals surface area contributed by atoms with Crippen molar-refractivity contribution in [3.63, 3.8) is 0 Å². The van der Waals surface area contributed by atoms with Crippen LogP contribution in [-0.2, 0) is 19.7 Å². The van der Waals surface area contributed by atoms with Crippen molar-refractivity contribution in [2.45, 2.75) is 31.1 Å². The molecule has 3 fully saturated rings. The lowest BCUT2D eigenvalue weighted by Crippen LogP contribution is -2.51. The van der Waals surface area contributed by atoms with Crippen LogP contribution >= 0.6 is 0 Å². The maximum atomic E-state index is 13.2. The van der Waals surface area contributed by atoms with E-state index >= 15 is 0 Å². The van der Waals surface area contributed by atoms with Crippen LogP contribution in [0.4, 0.5) is 0 Å². The molecule has 1 atom stereocenters. The smallest absolute Gasteiger partial charge is 0.233 e. The number of nitrogens with zero attached hydrogens (tertiary/aromatic N) is 2. The molecule has 0 radical (unpaired) electrons. The zero-order valence-corrected chi connectivity index (χ0v) is 14.7. The third-order valence-electron chi connectivity index (χ3n) is 5.87. The van der Waals surface area contributed by atoms with Crippen molar-refractivity contribution in [3.05, 3.63) is 35.9 Å². The van der Waals surface area contributed by atoms with E-state index in [9.17, 15) is 9.59 Å². The van der Waals surface area contributed by atoms with Crippen LogP contribution in [0.25, 0.3) is 0 Å². The summed E-state index contributed by atoms with van der Waals surface area (Å²) in [5, 5.41) is 0. The molecule has 0 bridgehead atoms. The summed E-state index contributed by atoms with van der Waals surface area (Å²) in [7, 11) is 0. The Morgan fingerprint density at radius 3 is 2.40 bits per heavy atom. The van der Waals surface area contributed by atoms with Crippen LogP contribution in [0.15, 0.2) is 30.3 Å². The molecule has 0 N–H and O–H groups in total. The van der Waals surface area contributed by atoms with Crippen LogP contribution in [-0.4, -0.2) is 61.0 Å². The fraction of sp³-hybridized carbons (Fsp3) is 0.600. The molecule has 25 heavy (non-hydrogen) atoms. The summed E-state index contributed by atoms with van der Waals surface area (Å²) < 4.78 is 5.34. The van der Waals surface area contributed by atoms with Gasteiger partial charge in [-0.1, -0.05) is 30.3 Å². The first-order chi connectivity index (χ1) is 12.2. The molecule has 5 heteroatoms. The predicted octanol–water partition coefficient (Wildman–Crippen LogP) is 1.82. The molecule has 1 aromatic carbocycles. The molecule has 1 unspecified atom stereocenters. The first-order valence-electron chi connectivity index (χ1n) is 9.42. The molecule has 2 aliphatic heterocycles. The molecule has 0 spiro atoms. The Labute approximate surface area is 148 Å². The summed E-state index contributed by atoms with van der Waals surface area (Å²) in [6.45, 7) is 3.95. The van der Waals surface area contributed by atoms with Gasteiger partial charge in [-0.3, -0.25) is 9.59 Å². The van der Waals surface area contributed by atoms with Crippen molar-refractivity contribution in [2.75, 3.05) is 39.4 Å². The molecule has 4 rings (SSSR count). The SMILES string of the molecule is O=C(C1CCCN(C(=O)C2(c3ccccc3)CC2)C1)N1CCOCC1. The van der Waals surface area contributed by atoms with Crippen molar-refractivity contribution < 1.29 is 14.3 Å². The molecule has 2 amide bonds. The Kier molecular flexibility index (Phi) is 4.50. The van der Waals surface area contributed by atoms with Gasteiger partial charge in [0, 0.05) is 26.2 Å². The van der Waals surface area contributed by atoms with Gasteiger partial charge < -0.3 is 14.5 Å². The number of amides is 2. The highest BCUT2D eigenvalue weighted by Gasteiger charge is 2.53. The summed E-state index contributed by atoms with van der Waals surface area (Å²) >= 11 is 0. The Bertz CT molecular complexity index is 636. The fourth-order valence-electron chi connectivity index (χ4n) is 4.22. The van der Waals surface area contributed by atoms with Crippen LogP contribution < -0.4 is 0 Å². The highest BCUT2D eigenvalue weighted by molar-refractivity contribution is 5.92. The number of likely N-dealkylation sites (tertiary alicyclic amines) is 1. The van der Waals surface area contributed by atoms with Gasteiger partial charge in [-0.15, -0.1) is 0 Å². The average molecular weight is 342 g/mol. The molecule has 2 heterocycles. The van der Waals surface area contributed by atoms with E-state index in [1.165, 1.54) is 0 Å². The zero-order chi connectivity index (χ0) is 17.3. The Hall–Kier alpha value is -1.88. The number of morpholine rings is 1. The number of rotatable bonds is 3. The highest BCUT2D eigenvalue weighted by atomic mass is 16.5. The van der Waals surface area contributed by atoms with E-state index in [0.29, 0.717) is 32.8 Å². The molecular formula is C20H26N2O3. The number of ether oxygens (including phenoxy) is 1. The molecule has 0 aromatic heterocycles. The molecule has 1 aliphatic carbocycles. The first-order valence-corrected chi connectivity index (χ1v) is 9.42. The third-order valence-corrected chi connectivity index (χ3v) is 5.87. The normalized spacial score (nSPS) is 25.5. The average Bonchev–Trinajstić information content (AvgIpc) is 3.50. The summed E-state index contributed by atoms with van der Waals surface area (Å²) in [6.07, 6.45) is 3.65. The second kappa shape index (κ2) is 6.79. The van der Waals surface area contributed by atoms with E-state index in [2.05, 4.69) is 12.1 Å². The second-order valence-corrected chi connectivity index (χ2v) is 7.48. The van der Waals surface area contributed by atoms with E-state index in [1.807, 2.05) is 28.0 Å². The van der Waals surface area contributed by atoms with Gasteiger partial charge in [0.15, 0.2) is 0 Å². The maximum Gasteiger partial charge on any atom is 0.233 e. The molecule has 5 nitrogen and oxygen atoms in total. The minimum atomic E-state index is -0.328. The first kappa shape index (κ1) is 16.6. The number of hydrogen-bond donors (Lipinski definition) is 0. The Morgan fingerprint density at radius 1 is 1.00 bits per heavy atom. The second-order valence-electron chi connectivity index (χ2n) is 7.48. The van der Waals surface area contributed by atoms with Gasteiger partial charge in [-0.2, -0.15) is 0 Å². The van der Waals surface area contributed by atoms with Gasteiger partial charge in [-0.25, -0.2) is 0 Å². The van der Waals surface area contributed by atoms with Crippen LogP contribution in [0, 0.1) is 5.92 Å². The molecule has 1 saturated carbocycles. The van der Waals surface area contributed by atoms with E-state index in [-0.39, 0.29) is 23.1 Å². The number of piperidine rings is 1. The lowest BCUT2D eigenvalue weighted by Gasteiger charge is -2.37. The standard InChI is InChI=1S/C20H26N2O3/c23-18(21-11-13-25-14-12-21)16-5-4-10-22(15-16)19(24)20(8-9-20)17-6-2-1-3-7-17/h1-3,6-7,16H,4-5,8-15H2. The van der Waals surface area contributed by atoms with Crippen molar-refractivity contribution in [3.8, 4) is 0 Å². The van der Waals surface area contributed by atoms with Gasteiger partial charge in [0.1, 0.15) is 0 Å². The largest absolute Gasteiger partial charge is 0.378 e. The van der Waals surface area contributed by atoms with Crippen molar-refractivity contribution in [2.24, 2.45) is 5.92 Å². The van der Waals surface area contributed by atoms with Gasteiger partial charge >= 0.3 is 0 Å². The van der Waals surface area contributed by atoms with Crippen LogP contribution in [0.3, 0.4) is 0 Å². The lowest BCUT2D eigenvalue weighted by molar-refractivity contribution is -0.144. The number of carbonyl (C=O) groups excluding carboxylic acids is 2. The minimum absolute atomic E-state index is 0.0534. The zero-order valence-electron chi connectivity index (χ0n) is 14.7. The lowest BCUT2D eigenvalue weighted by atomic mass is 9.91. The number of carbonyl (C=O) groups is 2. The van der Waals surface area contributed by atoms with E-state index in [0.717, 1.165) is 37.8 Å². The van der Waals surface area contributed by atoms with Gasteiger partial charge in [0.25, 0.3) is 0 Å². The van der Waals surface area contributed by atoms with Gasteiger partial charge in [0.2, 0.25) is 11.8 Å². The van der Waals surface area contributed by atoms with E-state index in [4.69, 9.17) is 4.74 Å². The molecule has 1 aromatic rings. The number of benzene rings is 1. The van der Waals surface area contributed by atoms with Gasteiger partial charge in [-0.05, 0) is 31.2 Å². The van der Waals surface area contributed by atoms with Crippen molar-refractivity contribution in [1.82, 2.24) is 9.80 Å². The predicted molar refractivity (Wildman–Crippen MR) is 94.1 cm³/mol. The van der Waals surface area contributed by atoms with E-state index in [1.54, 1.807) is 0 Å². The summed E-state index contributed by atoms with van der Waals surface area (Å²) in [6, 6.07) is 10.1. The molecular weight excluding hydrogens is 316 g/mol. The van der Waals surface area contributed by atoms with Crippen LogP contribution in [0.1, 0.15) is 31.2 Å². The fourth-order valence-corrected chi connectivity index (χ4v) is 4.22. The summed E-state index contributed by atoms with van der Waals surface area (Å²) in [5.74, 6) is 0.367. The van der Waals surface area contributed by atoms with Crippen molar-refractivity contribution >= 4 is 11.8 Å². The van der Waals surface area contributed by atoms with Crippen LogP contribution in [0.5, 0.6) is 0 Å². The third kappa shape index (κ3) is 3.17. The highest BCUT2D eigenvalue weighted by Crippen LogP contribution is 2.50. The molecule has 3 aliphatic rings. The van der Waals surface area contributed by atoms with E-state index < -0.39 is 0 Å². The van der Waals surface area contributed by atoms with Crippen LogP contribution in [0.2, 0.25) is 0 Å². The van der Waals surface area contributed by atoms with Gasteiger partial charge in [0.05, 0.1) is 24.5 Å². The topological polar surface area (TPSA) is 49.9 Å². The molecule has 2 saturated heterocycles. The molecule has 134 valence electrons. The summed E-state index contributed by atoms with van der Waals surface area (Å²) in [5.41, 5.74) is 0.798. The Morgan fingerprint density at radius 2 is 1.72 bits per heavy atom. The number of hydrogen-bond acceptors (Lipinski definition) is 3. The quantitative estimate of drug-likeness (QED) is 0.842. The monoisotopic (exact) mass is 342 g/mol. The Balaban J connectivity index is 1.44. The maximum absolute atomic E-state index is 13.2. The van der Waals surface area contributed by atoms with Crippen molar-refractivity contribution in [1.29, 1.82) is 0 Å².